The van der Waals surface area contributed by atoms with Crippen LogP contribution in [0.3, 0.4) is 0 Å². The maximum atomic E-state index is 10.9. The molecule has 0 spiro atoms. The van der Waals surface area contributed by atoms with Crippen molar-refractivity contribution in [3.05, 3.63) is 0 Å². The van der Waals surface area contributed by atoms with Gasteiger partial charge in [0.2, 0.25) is 0 Å². The van der Waals surface area contributed by atoms with Gasteiger partial charge in [-0.05, 0) is 6.92 Å². The lowest BCUT2D eigenvalue weighted by molar-refractivity contribution is 0.172. The van der Waals surface area contributed by atoms with Crippen molar-refractivity contribution in [1.82, 2.24) is 0 Å². The van der Waals surface area contributed by atoms with E-state index >= 15 is 0 Å². The first kappa shape index (κ1) is 11.2. The summed E-state index contributed by atoms with van der Waals surface area (Å²) in [6.07, 6.45) is 3.96. The molecule has 68 valence electrons. The highest BCUT2D eigenvalue weighted by Crippen LogP contribution is 2.44. The van der Waals surface area contributed by atoms with Gasteiger partial charge in [0.05, 0.1) is 7.11 Å². The molecule has 0 amide bonds. The van der Waals surface area contributed by atoms with Crippen LogP contribution in [0, 0.1) is 12.3 Å². The number of carbonyl (C=O) groups is 1. The van der Waals surface area contributed by atoms with Crippen LogP contribution >= 0.6 is 7.60 Å². The van der Waals surface area contributed by atoms with Crippen molar-refractivity contribution in [2.45, 2.75) is 13.0 Å². The summed E-state index contributed by atoms with van der Waals surface area (Å²) in [4.78, 5) is 19.4. The van der Waals surface area contributed by atoms with E-state index in [0.29, 0.717) is 0 Å². The Morgan fingerprint density at radius 2 is 2.25 bits per heavy atom. The maximum Gasteiger partial charge on any atom is 0.437 e. The molecule has 0 aliphatic heterocycles. The molecule has 0 aromatic rings. The summed E-state index contributed by atoms with van der Waals surface area (Å²) >= 11 is 0. The van der Waals surface area contributed by atoms with Crippen LogP contribution in [-0.4, -0.2) is 23.8 Å². The molecule has 0 aliphatic rings. The zero-order valence-electron chi connectivity index (χ0n) is 6.68. The number of hydrogen-bond acceptors (Lipinski definition) is 4. The third-order valence-electron chi connectivity index (χ3n) is 0.941. The Labute approximate surface area is 70.2 Å². The number of methoxy groups -OCH3 is 1. The van der Waals surface area contributed by atoms with Gasteiger partial charge >= 0.3 is 13.3 Å². The molecule has 0 aromatic carbocycles. The molecule has 0 heterocycles. The van der Waals surface area contributed by atoms with Crippen LogP contribution in [-0.2, 0) is 13.8 Å². The van der Waals surface area contributed by atoms with Gasteiger partial charge in [0.1, 0.15) is 6.10 Å². The Kier molecular flexibility index (Phi) is 3.98. The predicted octanol–water partition coefficient (Wildman–Crippen LogP) is 0.976. The van der Waals surface area contributed by atoms with Gasteiger partial charge in [-0.1, -0.05) is 5.92 Å². The molecular weight excluding hydrogens is 183 g/mol. The standard InChI is InChI=1S/C6H9O5P/c1-4-5(2)11-12(8,9)6(7)10-3/h1,5H,2-3H3,(H,8,9). The van der Waals surface area contributed by atoms with Gasteiger partial charge in [-0.3, -0.25) is 4.52 Å². The lowest BCUT2D eigenvalue weighted by Crippen LogP contribution is -2.09. The number of carbonyl (C=O) groups excluding carboxylic acids is 1. The second-order valence-corrected chi connectivity index (χ2v) is 3.52. The molecule has 6 heteroatoms. The van der Waals surface area contributed by atoms with Crippen molar-refractivity contribution in [3.8, 4) is 12.3 Å². The van der Waals surface area contributed by atoms with Gasteiger partial charge in [0, 0.05) is 0 Å². The minimum atomic E-state index is -4.36. The number of terminal acetylenes is 1. The minimum Gasteiger partial charge on any atom is -0.460 e. The second-order valence-electron chi connectivity index (χ2n) is 1.90. The van der Waals surface area contributed by atoms with Crippen molar-refractivity contribution < 1.29 is 23.5 Å². The van der Waals surface area contributed by atoms with E-state index in [1.807, 2.05) is 5.92 Å². The van der Waals surface area contributed by atoms with E-state index < -0.39 is 19.4 Å². The van der Waals surface area contributed by atoms with E-state index in [2.05, 4.69) is 9.26 Å². The van der Waals surface area contributed by atoms with Crippen LogP contribution in [0.5, 0.6) is 0 Å². The number of ether oxygens (including phenoxy) is 1. The molecule has 0 aromatic heterocycles. The molecule has 2 unspecified atom stereocenters. The monoisotopic (exact) mass is 192 g/mol. The van der Waals surface area contributed by atoms with Crippen molar-refractivity contribution in [1.29, 1.82) is 0 Å². The fourth-order valence-corrected chi connectivity index (χ4v) is 1.21. The Bertz CT molecular complexity index is 253. The number of rotatable bonds is 3. The van der Waals surface area contributed by atoms with Gasteiger partial charge in [0.25, 0.3) is 0 Å². The van der Waals surface area contributed by atoms with Crippen LogP contribution in [0.1, 0.15) is 6.92 Å². The van der Waals surface area contributed by atoms with Crippen molar-refractivity contribution in [2.75, 3.05) is 7.11 Å². The van der Waals surface area contributed by atoms with E-state index in [-0.39, 0.29) is 0 Å². The van der Waals surface area contributed by atoms with Gasteiger partial charge < -0.3 is 9.63 Å². The summed E-state index contributed by atoms with van der Waals surface area (Å²) in [5.41, 5.74) is -1.32. The van der Waals surface area contributed by atoms with E-state index in [9.17, 15) is 9.36 Å². The molecule has 0 fully saturated rings. The smallest absolute Gasteiger partial charge is 0.437 e. The zero-order valence-corrected chi connectivity index (χ0v) is 7.58. The highest BCUT2D eigenvalue weighted by molar-refractivity contribution is 7.70. The molecule has 0 rings (SSSR count). The number of hydrogen-bond donors (Lipinski definition) is 1. The van der Waals surface area contributed by atoms with Crippen LogP contribution in [0.2, 0.25) is 0 Å². The highest BCUT2D eigenvalue weighted by atomic mass is 31.2. The van der Waals surface area contributed by atoms with E-state index in [1.54, 1.807) is 0 Å². The molecule has 0 aliphatic carbocycles. The van der Waals surface area contributed by atoms with Crippen LogP contribution in [0.25, 0.3) is 0 Å². The van der Waals surface area contributed by atoms with E-state index in [4.69, 9.17) is 11.3 Å². The van der Waals surface area contributed by atoms with Crippen molar-refractivity contribution >= 4 is 13.3 Å². The van der Waals surface area contributed by atoms with Crippen molar-refractivity contribution in [3.63, 3.8) is 0 Å². The molecule has 12 heavy (non-hydrogen) atoms. The van der Waals surface area contributed by atoms with Gasteiger partial charge in [-0.25, -0.2) is 9.36 Å². The molecule has 0 saturated heterocycles. The van der Waals surface area contributed by atoms with Crippen molar-refractivity contribution in [2.24, 2.45) is 0 Å². The molecular formula is C6H9O5P. The average molecular weight is 192 g/mol. The summed E-state index contributed by atoms with van der Waals surface area (Å²) < 4.78 is 19.2. The Morgan fingerprint density at radius 3 is 2.58 bits per heavy atom. The highest BCUT2D eigenvalue weighted by Gasteiger charge is 2.33. The molecule has 0 radical (unpaired) electrons. The molecule has 2 atom stereocenters. The third kappa shape index (κ3) is 3.05. The summed E-state index contributed by atoms with van der Waals surface area (Å²) in [6, 6.07) is 0. The third-order valence-corrected chi connectivity index (χ3v) is 2.19. The van der Waals surface area contributed by atoms with Crippen LogP contribution < -0.4 is 0 Å². The first-order valence-corrected chi connectivity index (χ1v) is 4.57. The SMILES string of the molecule is C#CC(C)OP(=O)(O)C(=O)OC. The average Bonchev–Trinajstić information content (AvgIpc) is 2.02. The Hall–Kier alpha value is -0.820. The lowest BCUT2D eigenvalue weighted by Gasteiger charge is -2.10. The Morgan fingerprint density at radius 1 is 1.75 bits per heavy atom. The van der Waals surface area contributed by atoms with Gasteiger partial charge in [-0.2, -0.15) is 0 Å². The summed E-state index contributed by atoms with van der Waals surface area (Å²) in [6.45, 7) is 1.37. The van der Waals surface area contributed by atoms with E-state index in [0.717, 1.165) is 7.11 Å². The molecule has 1 N–H and O–H groups in total. The topological polar surface area (TPSA) is 72.8 Å². The van der Waals surface area contributed by atoms with E-state index in [1.165, 1.54) is 6.92 Å². The fourth-order valence-electron chi connectivity index (χ4n) is 0.403. The lowest BCUT2D eigenvalue weighted by atomic mass is 10.4. The maximum absolute atomic E-state index is 10.9. The molecule has 5 nitrogen and oxygen atoms in total. The van der Waals surface area contributed by atoms with Gasteiger partial charge in [0.15, 0.2) is 0 Å². The fraction of sp³-hybridized carbons (Fsp3) is 0.500. The normalized spacial score (nSPS) is 17.2. The quantitative estimate of drug-likeness (QED) is 0.532. The summed E-state index contributed by atoms with van der Waals surface area (Å²) in [5, 5.41) is 0. The largest absolute Gasteiger partial charge is 0.460 e. The Balaban J connectivity index is 4.35. The second kappa shape index (κ2) is 4.27. The molecule has 0 saturated carbocycles. The summed E-state index contributed by atoms with van der Waals surface area (Å²) in [7, 11) is -3.38. The van der Waals surface area contributed by atoms with Crippen LogP contribution in [0.15, 0.2) is 0 Å². The van der Waals surface area contributed by atoms with Crippen LogP contribution in [0.4, 0.5) is 4.79 Å². The van der Waals surface area contributed by atoms with Gasteiger partial charge in [-0.15, -0.1) is 6.42 Å². The summed E-state index contributed by atoms with van der Waals surface area (Å²) in [5.74, 6) is 2.04. The zero-order chi connectivity index (χ0) is 9.78. The molecule has 0 bridgehead atoms. The predicted molar refractivity (Wildman–Crippen MR) is 41.6 cm³/mol. The minimum absolute atomic E-state index is 0.903. The first-order chi connectivity index (χ1) is 5.44. The first-order valence-electron chi connectivity index (χ1n) is 3.00.